The zero-order valence-corrected chi connectivity index (χ0v) is 11.5. The number of amides is 2. The van der Waals surface area contributed by atoms with Crippen LogP contribution in [0.1, 0.15) is 18.9 Å². The first-order valence-corrected chi connectivity index (χ1v) is 6.42. The van der Waals surface area contributed by atoms with Crippen molar-refractivity contribution < 1.29 is 9.59 Å². The van der Waals surface area contributed by atoms with E-state index in [0.29, 0.717) is 0 Å². The predicted octanol–water partition coefficient (Wildman–Crippen LogP) is 1.26. The van der Waals surface area contributed by atoms with Gasteiger partial charge in [-0.1, -0.05) is 19.1 Å². The van der Waals surface area contributed by atoms with Crippen molar-refractivity contribution in [2.75, 3.05) is 19.4 Å². The van der Waals surface area contributed by atoms with Crippen LogP contribution in [-0.2, 0) is 16.0 Å². The SMILES string of the molecule is CCc1cccc(N[C@H]2CC(=O)N(N(C)C)C2=O)c1. The highest BCUT2D eigenvalue weighted by molar-refractivity contribution is 6.06. The van der Waals surface area contributed by atoms with E-state index in [-0.39, 0.29) is 18.2 Å². The zero-order valence-electron chi connectivity index (χ0n) is 11.5. The summed E-state index contributed by atoms with van der Waals surface area (Å²) in [7, 11) is 3.38. The van der Waals surface area contributed by atoms with Gasteiger partial charge in [-0.2, -0.15) is 0 Å². The number of rotatable bonds is 4. The molecule has 102 valence electrons. The van der Waals surface area contributed by atoms with Crippen LogP contribution < -0.4 is 5.32 Å². The molecule has 0 aliphatic carbocycles. The molecule has 1 N–H and O–H groups in total. The van der Waals surface area contributed by atoms with Gasteiger partial charge in [-0.15, -0.1) is 0 Å². The van der Waals surface area contributed by atoms with Gasteiger partial charge in [0.25, 0.3) is 5.91 Å². The second-order valence-electron chi connectivity index (χ2n) is 4.85. The van der Waals surface area contributed by atoms with Crippen LogP contribution in [0.15, 0.2) is 24.3 Å². The molecule has 1 aromatic rings. The summed E-state index contributed by atoms with van der Waals surface area (Å²) in [6.45, 7) is 2.08. The fourth-order valence-corrected chi connectivity index (χ4v) is 2.23. The molecule has 0 radical (unpaired) electrons. The lowest BCUT2D eigenvalue weighted by Gasteiger charge is -2.22. The van der Waals surface area contributed by atoms with E-state index in [1.54, 1.807) is 14.1 Å². The number of imide groups is 1. The molecule has 2 amide bonds. The molecule has 1 atom stereocenters. The molecule has 5 heteroatoms. The maximum absolute atomic E-state index is 12.1. The van der Waals surface area contributed by atoms with Gasteiger partial charge < -0.3 is 5.32 Å². The van der Waals surface area contributed by atoms with Crippen LogP contribution in [0, 0.1) is 0 Å². The quantitative estimate of drug-likeness (QED) is 0.829. The third-order valence-corrected chi connectivity index (χ3v) is 3.20. The summed E-state index contributed by atoms with van der Waals surface area (Å²) in [6.07, 6.45) is 1.14. The second-order valence-corrected chi connectivity index (χ2v) is 4.85. The average molecular weight is 261 g/mol. The molecule has 0 bridgehead atoms. The van der Waals surface area contributed by atoms with Gasteiger partial charge in [0.05, 0.1) is 6.42 Å². The molecule has 1 fully saturated rings. The van der Waals surface area contributed by atoms with Crippen molar-refractivity contribution >= 4 is 17.5 Å². The lowest BCUT2D eigenvalue weighted by atomic mass is 10.1. The Labute approximate surface area is 113 Å². The number of benzene rings is 1. The van der Waals surface area contributed by atoms with Crippen LogP contribution in [0.5, 0.6) is 0 Å². The van der Waals surface area contributed by atoms with Gasteiger partial charge in [0.1, 0.15) is 6.04 Å². The summed E-state index contributed by atoms with van der Waals surface area (Å²) in [4.78, 5) is 23.9. The Morgan fingerprint density at radius 1 is 1.37 bits per heavy atom. The highest BCUT2D eigenvalue weighted by Gasteiger charge is 2.40. The zero-order chi connectivity index (χ0) is 14.0. The van der Waals surface area contributed by atoms with Crippen LogP contribution in [0.2, 0.25) is 0 Å². The number of carbonyl (C=O) groups is 2. The van der Waals surface area contributed by atoms with E-state index in [1.165, 1.54) is 15.6 Å². The van der Waals surface area contributed by atoms with Gasteiger partial charge in [-0.05, 0) is 24.1 Å². The van der Waals surface area contributed by atoms with E-state index < -0.39 is 6.04 Å². The number of anilines is 1. The molecule has 1 heterocycles. The van der Waals surface area contributed by atoms with Crippen LogP contribution in [0.3, 0.4) is 0 Å². The molecule has 1 aliphatic rings. The Morgan fingerprint density at radius 3 is 2.68 bits per heavy atom. The Morgan fingerprint density at radius 2 is 2.11 bits per heavy atom. The van der Waals surface area contributed by atoms with E-state index in [9.17, 15) is 9.59 Å². The van der Waals surface area contributed by atoms with Crippen molar-refractivity contribution in [1.82, 2.24) is 10.0 Å². The van der Waals surface area contributed by atoms with E-state index in [4.69, 9.17) is 0 Å². The van der Waals surface area contributed by atoms with Gasteiger partial charge >= 0.3 is 0 Å². The molecular formula is C14H19N3O2. The largest absolute Gasteiger partial charge is 0.373 e. The third kappa shape index (κ3) is 2.76. The molecule has 2 rings (SSSR count). The lowest BCUT2D eigenvalue weighted by Crippen LogP contribution is -2.43. The van der Waals surface area contributed by atoms with Crippen LogP contribution in [0.4, 0.5) is 5.69 Å². The van der Waals surface area contributed by atoms with Crippen molar-refractivity contribution in [3.05, 3.63) is 29.8 Å². The highest BCUT2D eigenvalue weighted by atomic mass is 16.2. The average Bonchev–Trinajstić information content (AvgIpc) is 2.64. The van der Waals surface area contributed by atoms with Gasteiger partial charge in [-0.25, -0.2) is 10.0 Å². The number of carbonyl (C=O) groups excluding carboxylic acids is 2. The maximum Gasteiger partial charge on any atom is 0.266 e. The Kier molecular flexibility index (Phi) is 3.85. The number of hydrogen-bond donors (Lipinski definition) is 1. The van der Waals surface area contributed by atoms with Gasteiger partial charge in [0.15, 0.2) is 0 Å². The van der Waals surface area contributed by atoms with Crippen molar-refractivity contribution in [3.63, 3.8) is 0 Å². The number of hydrogen-bond acceptors (Lipinski definition) is 4. The predicted molar refractivity (Wildman–Crippen MR) is 73.4 cm³/mol. The normalized spacial score (nSPS) is 19.4. The minimum absolute atomic E-state index is 0.167. The minimum atomic E-state index is -0.470. The lowest BCUT2D eigenvalue weighted by molar-refractivity contribution is -0.152. The van der Waals surface area contributed by atoms with Crippen molar-refractivity contribution in [1.29, 1.82) is 0 Å². The fraction of sp³-hybridized carbons (Fsp3) is 0.429. The highest BCUT2D eigenvalue weighted by Crippen LogP contribution is 2.19. The Hall–Kier alpha value is -1.88. The molecule has 0 spiro atoms. The first-order valence-electron chi connectivity index (χ1n) is 6.42. The van der Waals surface area contributed by atoms with Crippen LogP contribution in [0.25, 0.3) is 0 Å². The summed E-state index contributed by atoms with van der Waals surface area (Å²) in [5.41, 5.74) is 2.08. The summed E-state index contributed by atoms with van der Waals surface area (Å²) in [6, 6.07) is 7.44. The minimum Gasteiger partial charge on any atom is -0.373 e. The summed E-state index contributed by atoms with van der Waals surface area (Å²) in [5.74, 6) is -0.365. The second kappa shape index (κ2) is 5.40. The molecule has 5 nitrogen and oxygen atoms in total. The molecule has 0 saturated carbocycles. The van der Waals surface area contributed by atoms with Crippen LogP contribution in [-0.4, -0.2) is 42.0 Å². The van der Waals surface area contributed by atoms with Gasteiger partial charge in [-0.3, -0.25) is 9.59 Å². The van der Waals surface area contributed by atoms with Crippen LogP contribution >= 0.6 is 0 Å². The van der Waals surface area contributed by atoms with E-state index in [0.717, 1.165) is 12.1 Å². The molecule has 0 aromatic heterocycles. The summed E-state index contributed by atoms with van der Waals surface area (Å²) >= 11 is 0. The van der Waals surface area contributed by atoms with E-state index in [1.807, 2.05) is 24.3 Å². The van der Waals surface area contributed by atoms with Crippen molar-refractivity contribution in [2.24, 2.45) is 0 Å². The molecule has 1 saturated heterocycles. The van der Waals surface area contributed by atoms with Gasteiger partial charge in [0, 0.05) is 19.8 Å². The molecule has 0 unspecified atom stereocenters. The first-order chi connectivity index (χ1) is 9.02. The van der Waals surface area contributed by atoms with E-state index in [2.05, 4.69) is 12.2 Å². The smallest absolute Gasteiger partial charge is 0.266 e. The number of hydrazine groups is 1. The van der Waals surface area contributed by atoms with Gasteiger partial charge in [0.2, 0.25) is 5.91 Å². The number of nitrogens with zero attached hydrogens (tertiary/aromatic N) is 2. The summed E-state index contributed by atoms with van der Waals surface area (Å²) in [5, 5.41) is 5.85. The van der Waals surface area contributed by atoms with Crippen molar-refractivity contribution in [2.45, 2.75) is 25.8 Å². The van der Waals surface area contributed by atoms with Crippen molar-refractivity contribution in [3.8, 4) is 0 Å². The van der Waals surface area contributed by atoms with E-state index >= 15 is 0 Å². The monoisotopic (exact) mass is 261 g/mol. The summed E-state index contributed by atoms with van der Waals surface area (Å²) < 4.78 is 0. The molecule has 19 heavy (non-hydrogen) atoms. The molecule has 1 aliphatic heterocycles. The molecule has 1 aromatic carbocycles. The number of aryl methyl sites for hydroxylation is 1. The first kappa shape index (κ1) is 13.5. The third-order valence-electron chi connectivity index (χ3n) is 3.20. The standard InChI is InChI=1S/C14H19N3O2/c1-4-10-6-5-7-11(8-10)15-12-9-13(18)17(14(12)19)16(2)3/h5-8,12,15H,4,9H2,1-3H3/t12-/m0/s1. The Bertz CT molecular complexity index is 499. The topological polar surface area (TPSA) is 52.7 Å². The molecular weight excluding hydrogens is 242 g/mol. The number of nitrogens with one attached hydrogen (secondary N) is 1. The maximum atomic E-state index is 12.1. The Balaban J connectivity index is 2.12. The fourth-order valence-electron chi connectivity index (χ4n) is 2.23.